The molecule has 0 bridgehead atoms. The number of amides is 1. The number of carbonyl (C=O) groups excluding carboxylic acids is 1. The molecule has 6 nitrogen and oxygen atoms in total. The molecular formula is C15H16Br2N4O2. The Morgan fingerprint density at radius 3 is 2.65 bits per heavy atom. The molecular weight excluding hydrogens is 428 g/mol. The number of aryl methyl sites for hydroxylation is 2. The second-order valence-corrected chi connectivity index (χ2v) is 6.87. The number of hydrazone groups is 1. The molecule has 1 heterocycles. The summed E-state index contributed by atoms with van der Waals surface area (Å²) >= 11 is 6.62. The van der Waals surface area contributed by atoms with Crippen molar-refractivity contribution in [3.8, 4) is 5.75 Å². The number of hydrogen-bond donors (Lipinski definition) is 2. The molecule has 0 aliphatic carbocycles. The average molecular weight is 444 g/mol. The summed E-state index contributed by atoms with van der Waals surface area (Å²) < 4.78 is 2.95. The van der Waals surface area contributed by atoms with Gasteiger partial charge in [-0.3, -0.25) is 9.48 Å². The van der Waals surface area contributed by atoms with E-state index in [1.54, 1.807) is 23.7 Å². The molecule has 2 rings (SSSR count). The van der Waals surface area contributed by atoms with E-state index in [1.807, 2.05) is 19.9 Å². The van der Waals surface area contributed by atoms with Gasteiger partial charge in [0.25, 0.3) is 5.91 Å². The van der Waals surface area contributed by atoms with Gasteiger partial charge in [0.2, 0.25) is 0 Å². The molecule has 1 aromatic heterocycles. The van der Waals surface area contributed by atoms with E-state index in [9.17, 15) is 9.90 Å². The molecule has 1 amide bonds. The van der Waals surface area contributed by atoms with Crippen molar-refractivity contribution in [2.45, 2.75) is 27.3 Å². The van der Waals surface area contributed by atoms with E-state index < -0.39 is 0 Å². The normalized spacial score (nSPS) is 11.6. The highest BCUT2D eigenvalue weighted by Crippen LogP contribution is 2.31. The molecule has 122 valence electrons. The molecule has 0 radical (unpaired) electrons. The first kappa shape index (κ1) is 17.7. The average Bonchev–Trinajstić information content (AvgIpc) is 2.78. The van der Waals surface area contributed by atoms with Gasteiger partial charge in [-0.1, -0.05) is 15.9 Å². The van der Waals surface area contributed by atoms with Crippen LogP contribution in [0.3, 0.4) is 0 Å². The standard InChI is InChI=1S/C15H16Br2N4O2/c1-8-4-9(2)21(20-8)7-14(22)19-18-10(3)12-5-11(16)6-13(17)15(12)23/h4-6,23H,7H2,1-3H3,(H,19,22)/b18-10+. The van der Waals surface area contributed by atoms with Crippen LogP contribution in [0, 0.1) is 13.8 Å². The van der Waals surface area contributed by atoms with Gasteiger partial charge < -0.3 is 5.11 Å². The SMILES string of the molecule is C/C(=N\NC(=O)Cn1nc(C)cc1C)c1cc(Br)cc(Br)c1O. The van der Waals surface area contributed by atoms with Gasteiger partial charge in [-0.2, -0.15) is 10.2 Å². The van der Waals surface area contributed by atoms with E-state index >= 15 is 0 Å². The topological polar surface area (TPSA) is 79.5 Å². The van der Waals surface area contributed by atoms with Crippen molar-refractivity contribution in [2.24, 2.45) is 5.10 Å². The number of carbonyl (C=O) groups is 1. The number of halogens is 2. The minimum atomic E-state index is -0.288. The van der Waals surface area contributed by atoms with E-state index in [0.717, 1.165) is 15.9 Å². The fraction of sp³-hybridized carbons (Fsp3) is 0.267. The van der Waals surface area contributed by atoms with Crippen LogP contribution in [-0.4, -0.2) is 26.5 Å². The number of phenols is 1. The monoisotopic (exact) mass is 442 g/mol. The molecule has 0 saturated carbocycles. The summed E-state index contributed by atoms with van der Waals surface area (Å²) in [4.78, 5) is 12.0. The third-order valence-corrected chi connectivity index (χ3v) is 4.23. The Kier molecular flexibility index (Phi) is 5.59. The molecule has 0 unspecified atom stereocenters. The zero-order valence-electron chi connectivity index (χ0n) is 12.9. The van der Waals surface area contributed by atoms with Gasteiger partial charge in [-0.25, -0.2) is 5.43 Å². The lowest BCUT2D eigenvalue weighted by atomic mass is 10.1. The smallest absolute Gasteiger partial charge is 0.261 e. The number of rotatable bonds is 4. The molecule has 0 aliphatic heterocycles. The zero-order chi connectivity index (χ0) is 17.1. The number of benzene rings is 1. The van der Waals surface area contributed by atoms with Crippen LogP contribution in [0.5, 0.6) is 5.75 Å². The Bertz CT molecular complexity index is 784. The number of nitrogens with zero attached hydrogens (tertiary/aromatic N) is 3. The van der Waals surface area contributed by atoms with Crippen LogP contribution < -0.4 is 5.43 Å². The van der Waals surface area contributed by atoms with Crippen LogP contribution >= 0.6 is 31.9 Å². The van der Waals surface area contributed by atoms with Crippen LogP contribution in [0.2, 0.25) is 0 Å². The number of aromatic nitrogens is 2. The van der Waals surface area contributed by atoms with E-state index in [0.29, 0.717) is 15.7 Å². The van der Waals surface area contributed by atoms with E-state index in [2.05, 4.69) is 47.5 Å². The van der Waals surface area contributed by atoms with Crippen LogP contribution in [0.25, 0.3) is 0 Å². The number of aromatic hydroxyl groups is 1. The maximum atomic E-state index is 12.0. The van der Waals surface area contributed by atoms with Crippen LogP contribution in [-0.2, 0) is 11.3 Å². The largest absolute Gasteiger partial charge is 0.506 e. The number of phenolic OH excluding ortho intramolecular Hbond substituents is 1. The second kappa shape index (κ2) is 7.27. The summed E-state index contributed by atoms with van der Waals surface area (Å²) in [5, 5.41) is 18.3. The van der Waals surface area contributed by atoms with E-state index in [1.165, 1.54) is 0 Å². The first-order valence-corrected chi connectivity index (χ1v) is 8.39. The Morgan fingerprint density at radius 2 is 2.04 bits per heavy atom. The maximum Gasteiger partial charge on any atom is 0.261 e. The number of hydrogen-bond acceptors (Lipinski definition) is 4. The van der Waals surface area contributed by atoms with Crippen LogP contribution in [0.4, 0.5) is 0 Å². The van der Waals surface area contributed by atoms with Gasteiger partial charge in [0, 0.05) is 15.7 Å². The van der Waals surface area contributed by atoms with E-state index in [-0.39, 0.29) is 18.2 Å². The quantitative estimate of drug-likeness (QED) is 0.562. The maximum absolute atomic E-state index is 12.0. The zero-order valence-corrected chi connectivity index (χ0v) is 16.1. The lowest BCUT2D eigenvalue weighted by Crippen LogP contribution is -2.25. The summed E-state index contributed by atoms with van der Waals surface area (Å²) in [6, 6.07) is 5.36. The van der Waals surface area contributed by atoms with Crippen molar-refractivity contribution < 1.29 is 9.90 Å². The summed E-state index contributed by atoms with van der Waals surface area (Å²) in [7, 11) is 0. The first-order valence-electron chi connectivity index (χ1n) is 6.80. The van der Waals surface area contributed by atoms with Crippen molar-refractivity contribution in [1.29, 1.82) is 0 Å². The molecule has 0 atom stereocenters. The van der Waals surface area contributed by atoms with Crippen LogP contribution in [0.15, 0.2) is 32.2 Å². The summed E-state index contributed by atoms with van der Waals surface area (Å²) in [6.07, 6.45) is 0. The lowest BCUT2D eigenvalue weighted by molar-refractivity contribution is -0.121. The second-order valence-electron chi connectivity index (χ2n) is 5.10. The van der Waals surface area contributed by atoms with Crippen molar-refractivity contribution in [3.05, 3.63) is 44.1 Å². The lowest BCUT2D eigenvalue weighted by Gasteiger charge is -2.08. The van der Waals surface area contributed by atoms with Crippen molar-refractivity contribution in [3.63, 3.8) is 0 Å². The summed E-state index contributed by atoms with van der Waals surface area (Å²) in [5.41, 5.74) is 5.27. The van der Waals surface area contributed by atoms with Crippen LogP contribution in [0.1, 0.15) is 23.9 Å². The summed E-state index contributed by atoms with van der Waals surface area (Å²) in [6.45, 7) is 5.55. The van der Waals surface area contributed by atoms with Crippen molar-refractivity contribution in [1.82, 2.24) is 15.2 Å². The van der Waals surface area contributed by atoms with Crippen molar-refractivity contribution >= 4 is 43.5 Å². The Labute approximate surface area is 150 Å². The molecule has 0 fully saturated rings. The van der Waals surface area contributed by atoms with Gasteiger partial charge in [0.15, 0.2) is 0 Å². The van der Waals surface area contributed by atoms with Gasteiger partial charge in [-0.05, 0) is 54.9 Å². The molecule has 0 aliphatic rings. The minimum Gasteiger partial charge on any atom is -0.506 e. The third-order valence-electron chi connectivity index (χ3n) is 3.16. The Hall–Kier alpha value is -1.67. The van der Waals surface area contributed by atoms with Gasteiger partial charge >= 0.3 is 0 Å². The van der Waals surface area contributed by atoms with Gasteiger partial charge in [0.1, 0.15) is 12.3 Å². The third kappa shape index (κ3) is 4.42. The molecule has 2 aromatic rings. The molecule has 0 spiro atoms. The fourth-order valence-electron chi connectivity index (χ4n) is 2.05. The Morgan fingerprint density at radius 1 is 1.35 bits per heavy atom. The predicted octanol–water partition coefficient (Wildman–Crippen LogP) is 3.27. The molecule has 8 heteroatoms. The first-order chi connectivity index (χ1) is 10.8. The minimum absolute atomic E-state index is 0.0715. The molecule has 2 N–H and O–H groups in total. The predicted molar refractivity (Wildman–Crippen MR) is 95.6 cm³/mol. The highest BCUT2D eigenvalue weighted by atomic mass is 79.9. The van der Waals surface area contributed by atoms with E-state index in [4.69, 9.17) is 0 Å². The van der Waals surface area contributed by atoms with Gasteiger partial charge in [-0.15, -0.1) is 0 Å². The van der Waals surface area contributed by atoms with Gasteiger partial charge in [0.05, 0.1) is 15.9 Å². The fourth-order valence-corrected chi connectivity index (χ4v) is 3.28. The molecule has 0 saturated heterocycles. The Balaban J connectivity index is 2.10. The number of nitrogens with one attached hydrogen (secondary N) is 1. The summed E-state index contributed by atoms with van der Waals surface area (Å²) in [5.74, 6) is -0.216. The highest BCUT2D eigenvalue weighted by molar-refractivity contribution is 9.11. The van der Waals surface area contributed by atoms with Crippen molar-refractivity contribution in [2.75, 3.05) is 0 Å². The molecule has 23 heavy (non-hydrogen) atoms. The molecule has 1 aromatic carbocycles. The highest BCUT2D eigenvalue weighted by Gasteiger charge is 2.11.